The number of carbonyl (C=O) groups is 2. The van der Waals surface area contributed by atoms with Gasteiger partial charge in [-0.2, -0.15) is 11.8 Å². The predicted octanol–water partition coefficient (Wildman–Crippen LogP) is -0.450. The first-order valence-electron chi connectivity index (χ1n) is 6.07. The van der Waals surface area contributed by atoms with Crippen LogP contribution in [0.15, 0.2) is 0 Å². The molecule has 18 heavy (non-hydrogen) atoms. The number of amides is 3. The van der Waals surface area contributed by atoms with Crippen LogP contribution in [-0.2, 0) is 4.79 Å². The van der Waals surface area contributed by atoms with Crippen LogP contribution in [0.5, 0.6) is 0 Å². The number of carbonyl (C=O) groups excluding carboxylic acids is 2. The summed E-state index contributed by atoms with van der Waals surface area (Å²) in [6.07, 6.45) is 2.59. The van der Waals surface area contributed by atoms with E-state index >= 15 is 0 Å². The van der Waals surface area contributed by atoms with Crippen molar-refractivity contribution in [2.75, 3.05) is 45.2 Å². The Morgan fingerprint density at radius 1 is 1.33 bits per heavy atom. The monoisotopic (exact) mass is 274 g/mol. The maximum atomic E-state index is 12.3. The maximum absolute atomic E-state index is 12.3. The summed E-state index contributed by atoms with van der Waals surface area (Å²) in [7, 11) is 2.04. The summed E-state index contributed by atoms with van der Waals surface area (Å²) >= 11 is 1.65. The van der Waals surface area contributed by atoms with Crippen molar-refractivity contribution in [3.63, 3.8) is 0 Å². The van der Waals surface area contributed by atoms with Gasteiger partial charge in [0.1, 0.15) is 6.04 Å². The van der Waals surface area contributed by atoms with Crippen LogP contribution in [0.1, 0.15) is 6.42 Å². The average molecular weight is 274 g/mol. The van der Waals surface area contributed by atoms with E-state index in [9.17, 15) is 9.59 Å². The van der Waals surface area contributed by atoms with Crippen molar-refractivity contribution >= 4 is 23.7 Å². The van der Waals surface area contributed by atoms with E-state index in [-0.39, 0.29) is 5.91 Å². The molecule has 3 amide bonds. The van der Waals surface area contributed by atoms with E-state index < -0.39 is 12.1 Å². The molecule has 1 saturated heterocycles. The molecule has 1 rings (SSSR count). The van der Waals surface area contributed by atoms with E-state index in [0.29, 0.717) is 19.5 Å². The number of nitrogens with one attached hydrogen (secondary N) is 1. The zero-order chi connectivity index (χ0) is 13.5. The molecule has 3 N–H and O–H groups in total. The smallest absolute Gasteiger partial charge is 0.312 e. The molecule has 0 saturated carbocycles. The number of nitrogens with zero attached hydrogens (tertiary/aromatic N) is 2. The van der Waals surface area contributed by atoms with Crippen LogP contribution in [0, 0.1) is 0 Å². The lowest BCUT2D eigenvalue weighted by molar-refractivity contribution is -0.134. The lowest BCUT2D eigenvalue weighted by atomic mass is 10.2. The molecule has 0 radical (unpaired) electrons. The normalized spacial score (nSPS) is 18.4. The number of primary amides is 1. The number of hydrogen-bond acceptors (Lipinski definition) is 4. The van der Waals surface area contributed by atoms with Crippen LogP contribution < -0.4 is 11.1 Å². The van der Waals surface area contributed by atoms with Crippen LogP contribution >= 0.6 is 11.8 Å². The second-order valence-corrected chi connectivity index (χ2v) is 5.46. The molecular weight excluding hydrogens is 252 g/mol. The van der Waals surface area contributed by atoms with Crippen LogP contribution in [0.2, 0.25) is 0 Å². The first-order chi connectivity index (χ1) is 8.54. The molecule has 1 atom stereocenters. The first kappa shape index (κ1) is 15.1. The lowest BCUT2D eigenvalue weighted by Gasteiger charge is -2.34. The molecule has 0 aromatic carbocycles. The van der Waals surface area contributed by atoms with Gasteiger partial charge in [0.05, 0.1) is 0 Å². The molecule has 0 aromatic heterocycles. The molecule has 0 spiro atoms. The minimum atomic E-state index is -0.636. The van der Waals surface area contributed by atoms with Gasteiger partial charge in [0.25, 0.3) is 0 Å². The largest absolute Gasteiger partial charge is 0.352 e. The maximum Gasteiger partial charge on any atom is 0.312 e. The molecule has 1 aliphatic rings. The fourth-order valence-electron chi connectivity index (χ4n) is 1.91. The molecule has 0 unspecified atom stereocenters. The third-order valence-electron chi connectivity index (χ3n) is 3.04. The summed E-state index contributed by atoms with van der Waals surface area (Å²) in [5, 5.41) is 2.54. The number of piperazine rings is 1. The molecule has 104 valence electrons. The van der Waals surface area contributed by atoms with Crippen molar-refractivity contribution in [2.45, 2.75) is 12.5 Å². The molecular formula is C11H22N4O2S. The highest BCUT2D eigenvalue weighted by Crippen LogP contribution is 2.07. The van der Waals surface area contributed by atoms with Gasteiger partial charge in [-0.25, -0.2) is 4.79 Å². The SMILES string of the molecule is CSCC[C@H](NC(N)=O)C(=O)N1CCN(C)CC1. The summed E-state index contributed by atoms with van der Waals surface area (Å²) < 4.78 is 0. The predicted molar refractivity (Wildman–Crippen MR) is 73.6 cm³/mol. The van der Waals surface area contributed by atoms with Crippen LogP contribution in [0.3, 0.4) is 0 Å². The van der Waals surface area contributed by atoms with E-state index in [2.05, 4.69) is 10.2 Å². The van der Waals surface area contributed by atoms with Crippen molar-refractivity contribution in [3.05, 3.63) is 0 Å². The van der Waals surface area contributed by atoms with E-state index in [1.165, 1.54) is 0 Å². The second-order valence-electron chi connectivity index (χ2n) is 4.47. The number of rotatable bonds is 5. The number of hydrogen-bond donors (Lipinski definition) is 2. The molecule has 0 aromatic rings. The van der Waals surface area contributed by atoms with Crippen molar-refractivity contribution in [1.29, 1.82) is 0 Å². The Labute approximate surface area is 112 Å². The Hall–Kier alpha value is -0.950. The Bertz CT molecular complexity index is 293. The number of likely N-dealkylation sites (N-methyl/N-ethyl adjacent to an activating group) is 1. The fraction of sp³-hybridized carbons (Fsp3) is 0.818. The van der Waals surface area contributed by atoms with Gasteiger partial charge in [0.15, 0.2) is 0 Å². The Morgan fingerprint density at radius 2 is 1.94 bits per heavy atom. The van der Waals surface area contributed by atoms with Gasteiger partial charge in [-0.05, 0) is 25.5 Å². The van der Waals surface area contributed by atoms with Crippen molar-refractivity contribution < 1.29 is 9.59 Å². The standard InChI is InChI=1S/C11H22N4O2S/c1-14-4-6-15(7-5-14)10(16)9(3-8-18-2)13-11(12)17/h9H,3-8H2,1-2H3,(H3,12,13,17)/t9-/m0/s1. The zero-order valence-corrected chi connectivity index (χ0v) is 11.8. The van der Waals surface area contributed by atoms with Crippen molar-refractivity contribution in [1.82, 2.24) is 15.1 Å². The molecule has 1 fully saturated rings. The van der Waals surface area contributed by atoms with Gasteiger partial charge in [-0.3, -0.25) is 4.79 Å². The molecule has 6 nitrogen and oxygen atoms in total. The van der Waals surface area contributed by atoms with Gasteiger partial charge >= 0.3 is 6.03 Å². The highest BCUT2D eigenvalue weighted by Gasteiger charge is 2.26. The van der Waals surface area contributed by atoms with Gasteiger partial charge < -0.3 is 20.9 Å². The van der Waals surface area contributed by atoms with Gasteiger partial charge in [0, 0.05) is 26.2 Å². The summed E-state index contributed by atoms with van der Waals surface area (Å²) in [6.45, 7) is 3.17. The van der Waals surface area contributed by atoms with E-state index in [1.54, 1.807) is 16.7 Å². The van der Waals surface area contributed by atoms with Crippen LogP contribution in [0.25, 0.3) is 0 Å². The summed E-state index contributed by atoms with van der Waals surface area (Å²) in [5.41, 5.74) is 5.12. The quantitative estimate of drug-likeness (QED) is 0.712. The Morgan fingerprint density at radius 3 is 2.44 bits per heavy atom. The molecule has 7 heteroatoms. The highest BCUT2D eigenvalue weighted by atomic mass is 32.2. The minimum Gasteiger partial charge on any atom is -0.352 e. The fourth-order valence-corrected chi connectivity index (χ4v) is 2.38. The van der Waals surface area contributed by atoms with Crippen molar-refractivity contribution in [2.24, 2.45) is 5.73 Å². The Kier molecular flexibility index (Phi) is 6.28. The minimum absolute atomic E-state index is 0.0176. The first-order valence-corrected chi connectivity index (χ1v) is 7.46. The lowest BCUT2D eigenvalue weighted by Crippen LogP contribution is -2.55. The Balaban J connectivity index is 2.54. The van der Waals surface area contributed by atoms with Crippen LogP contribution in [-0.4, -0.2) is 73.0 Å². The number of urea groups is 1. The molecule has 0 bridgehead atoms. The van der Waals surface area contributed by atoms with Gasteiger partial charge in [-0.1, -0.05) is 0 Å². The van der Waals surface area contributed by atoms with E-state index in [1.807, 2.05) is 13.3 Å². The second kappa shape index (κ2) is 7.48. The number of nitrogens with two attached hydrogens (primary N) is 1. The van der Waals surface area contributed by atoms with Gasteiger partial charge in [0.2, 0.25) is 5.91 Å². The third-order valence-corrected chi connectivity index (χ3v) is 3.68. The highest BCUT2D eigenvalue weighted by molar-refractivity contribution is 7.98. The van der Waals surface area contributed by atoms with Crippen LogP contribution in [0.4, 0.5) is 4.79 Å². The van der Waals surface area contributed by atoms with E-state index in [0.717, 1.165) is 18.8 Å². The van der Waals surface area contributed by atoms with E-state index in [4.69, 9.17) is 5.73 Å². The molecule has 0 aliphatic carbocycles. The average Bonchev–Trinajstić information content (AvgIpc) is 2.34. The topological polar surface area (TPSA) is 78.7 Å². The summed E-state index contributed by atoms with van der Waals surface area (Å²) in [5.74, 6) is 0.806. The molecule has 1 heterocycles. The zero-order valence-electron chi connectivity index (χ0n) is 11.0. The summed E-state index contributed by atoms with van der Waals surface area (Å²) in [4.78, 5) is 27.2. The van der Waals surface area contributed by atoms with Crippen molar-refractivity contribution in [3.8, 4) is 0 Å². The summed E-state index contributed by atoms with van der Waals surface area (Å²) in [6, 6.07) is -1.12. The molecule has 1 aliphatic heterocycles. The van der Waals surface area contributed by atoms with Gasteiger partial charge in [-0.15, -0.1) is 0 Å². The number of thioether (sulfide) groups is 1. The third kappa shape index (κ3) is 4.73.